The number of rotatable bonds is 8. The summed E-state index contributed by atoms with van der Waals surface area (Å²) >= 11 is 8.44. The van der Waals surface area contributed by atoms with E-state index in [0.29, 0.717) is 65.2 Å². The highest BCUT2D eigenvalue weighted by atomic mass is 35.5. The van der Waals surface area contributed by atoms with Crippen molar-refractivity contribution in [2.24, 2.45) is 0 Å². The van der Waals surface area contributed by atoms with Gasteiger partial charge in [-0.05, 0) is 56.4 Å². The molecule has 2 aromatic heterocycles. The van der Waals surface area contributed by atoms with Crippen LogP contribution in [0, 0.1) is 17.1 Å². The molecule has 2 fully saturated rings. The predicted molar refractivity (Wildman–Crippen MR) is 208 cm³/mol. The number of piperidine rings is 1. The van der Waals surface area contributed by atoms with Crippen molar-refractivity contribution in [3.05, 3.63) is 39.7 Å². The number of fused-ring (bicyclic) bond motifs is 4. The van der Waals surface area contributed by atoms with E-state index in [1.165, 1.54) is 6.07 Å². The van der Waals surface area contributed by atoms with E-state index in [1.807, 2.05) is 4.90 Å². The average molecular weight is 779 g/mol. The highest BCUT2D eigenvalue weighted by molar-refractivity contribution is 7.23. The van der Waals surface area contributed by atoms with Gasteiger partial charge in [0, 0.05) is 50.8 Å². The van der Waals surface area contributed by atoms with E-state index in [0.717, 1.165) is 28.9 Å². The number of nitriles is 1. The number of nitrogens with one attached hydrogen (secondary N) is 3. The van der Waals surface area contributed by atoms with Crippen molar-refractivity contribution in [2.75, 3.05) is 49.3 Å². The normalized spacial score (nSPS) is 20.2. The third-order valence-corrected chi connectivity index (χ3v) is 11.4. The lowest BCUT2D eigenvalue weighted by Crippen LogP contribution is -2.45. The van der Waals surface area contributed by atoms with E-state index in [9.17, 15) is 14.9 Å². The topological polar surface area (TPSA) is 154 Å². The number of thiophene rings is 1. The van der Waals surface area contributed by atoms with Gasteiger partial charge in [-0.1, -0.05) is 31.5 Å². The molecule has 0 aliphatic carbocycles. The molecule has 0 radical (unpaired) electrons. The van der Waals surface area contributed by atoms with Crippen molar-refractivity contribution in [2.45, 2.75) is 90.5 Å². The zero-order valence-electron chi connectivity index (χ0n) is 31.4. The molecule has 54 heavy (non-hydrogen) atoms. The summed E-state index contributed by atoms with van der Waals surface area (Å²) in [7, 11) is 3.48. The number of amides is 2. The summed E-state index contributed by atoms with van der Waals surface area (Å²) in [6.45, 7) is 11.5. The Balaban J connectivity index is 1.44. The van der Waals surface area contributed by atoms with E-state index in [1.54, 1.807) is 45.9 Å². The minimum atomic E-state index is -0.789. The molecule has 2 saturated heterocycles. The second-order valence-corrected chi connectivity index (χ2v) is 16.7. The van der Waals surface area contributed by atoms with Crippen molar-refractivity contribution in [1.82, 2.24) is 20.2 Å². The molecular weight excluding hydrogens is 735 g/mol. The summed E-state index contributed by atoms with van der Waals surface area (Å²) in [6.07, 6.45) is 0.572. The van der Waals surface area contributed by atoms with Crippen LogP contribution in [-0.2, 0) is 32.2 Å². The Hall–Kier alpha value is -4.33. The first-order chi connectivity index (χ1) is 25.7. The second-order valence-electron chi connectivity index (χ2n) is 15.3. The number of hydrogen-bond acceptors (Lipinski definition) is 12. The predicted octanol–water partition coefficient (Wildman–Crippen LogP) is 6.79. The zero-order chi connectivity index (χ0) is 38.6. The van der Waals surface area contributed by atoms with Crippen LogP contribution in [0.4, 0.5) is 26.0 Å². The molecule has 13 nitrogen and oxygen atoms in total. The molecule has 2 amide bonds. The van der Waals surface area contributed by atoms with Crippen molar-refractivity contribution < 1.29 is 28.2 Å². The van der Waals surface area contributed by atoms with Crippen LogP contribution in [0.25, 0.3) is 32.1 Å². The molecule has 0 saturated carbocycles. The highest BCUT2D eigenvalue weighted by Crippen LogP contribution is 2.50. The first-order valence-electron chi connectivity index (χ1n) is 18.0. The molecule has 5 heterocycles. The number of benzene rings is 2. The number of carbonyl (C=O) groups is 2. The largest absolute Gasteiger partial charge is 0.444 e. The molecular formula is C38H44ClFN8O5S. The van der Waals surface area contributed by atoms with Gasteiger partial charge in [0.25, 0.3) is 0 Å². The number of nitrogens with zero attached hydrogens (tertiary/aromatic N) is 5. The number of methoxy groups -OCH3 is 1. The first-order valence-corrected chi connectivity index (χ1v) is 19.2. The Morgan fingerprint density at radius 1 is 1.19 bits per heavy atom. The molecule has 3 atom stereocenters. The molecule has 0 spiro atoms. The molecule has 4 aromatic rings. The van der Waals surface area contributed by atoms with E-state index in [2.05, 4.69) is 35.9 Å². The second kappa shape index (κ2) is 14.7. The van der Waals surface area contributed by atoms with Crippen LogP contribution in [-0.4, -0.2) is 90.5 Å². The molecule has 3 aliphatic rings. The summed E-state index contributed by atoms with van der Waals surface area (Å²) < 4.78 is 33.1. The monoisotopic (exact) mass is 778 g/mol. The fourth-order valence-electron chi connectivity index (χ4n) is 7.61. The van der Waals surface area contributed by atoms with Crippen LogP contribution >= 0.6 is 22.9 Å². The van der Waals surface area contributed by atoms with Gasteiger partial charge in [0.1, 0.15) is 34.3 Å². The van der Waals surface area contributed by atoms with Crippen molar-refractivity contribution >= 4 is 72.7 Å². The van der Waals surface area contributed by atoms with Crippen molar-refractivity contribution in [3.8, 4) is 17.2 Å². The van der Waals surface area contributed by atoms with Crippen molar-refractivity contribution in [1.29, 1.82) is 5.26 Å². The Labute approximate surface area is 322 Å². The lowest BCUT2D eigenvalue weighted by molar-refractivity contribution is -0.132. The van der Waals surface area contributed by atoms with E-state index in [-0.39, 0.29) is 57.6 Å². The summed E-state index contributed by atoms with van der Waals surface area (Å²) in [5, 5.41) is 21.5. The quantitative estimate of drug-likeness (QED) is 0.173. The molecule has 3 aliphatic heterocycles. The number of likely N-dealkylation sites (tertiary alicyclic amines) is 1. The number of carbonyl (C=O) groups excluding carboxylic acids is 2. The number of hydrogen-bond donors (Lipinski definition) is 3. The molecule has 16 heteroatoms. The fraction of sp³-hybridized carbons (Fsp3) is 0.500. The van der Waals surface area contributed by atoms with E-state index in [4.69, 9.17) is 35.8 Å². The SMILES string of the molecule is COC1CN(c2nc(N[C@@H]3CCCN(C)C3=O)c3c4c(c(-c5ccc(F)c6sc(NC(=O)OC(C)(C)C)c(C#N)c56)c(Cl)c3n2)COC4)CC1NC(C)C. The molecule has 7 rings (SSSR count). The van der Waals surface area contributed by atoms with Crippen LogP contribution in [0.15, 0.2) is 12.1 Å². The number of ether oxygens (including phenoxy) is 3. The minimum absolute atomic E-state index is 0.0118. The molecule has 2 aromatic carbocycles. The Morgan fingerprint density at radius 2 is 1.94 bits per heavy atom. The highest BCUT2D eigenvalue weighted by Gasteiger charge is 2.37. The number of halogens is 2. The smallest absolute Gasteiger partial charge is 0.412 e. The maximum absolute atomic E-state index is 15.6. The minimum Gasteiger partial charge on any atom is -0.444 e. The Kier molecular flexibility index (Phi) is 10.4. The lowest BCUT2D eigenvalue weighted by atomic mass is 9.91. The molecule has 3 N–H and O–H groups in total. The summed E-state index contributed by atoms with van der Waals surface area (Å²) in [4.78, 5) is 40.1. The Bertz CT molecular complexity index is 2200. The maximum atomic E-state index is 15.6. The van der Waals surface area contributed by atoms with Crippen LogP contribution in [0.2, 0.25) is 5.02 Å². The van der Waals surface area contributed by atoms with Crippen LogP contribution in [0.5, 0.6) is 0 Å². The average Bonchev–Trinajstić information content (AvgIpc) is 3.84. The number of anilines is 3. The standard InChI is InChI=1S/C38H44ClFN8O5S/c1-18(2)42-25-14-48(15-26(25)51-7)36-44-31-29(33(45-36)43-24-9-8-12-47(6)35(24)49)22-17-52-16-21(22)27(30(31)39)19-10-11-23(40)32-28(19)20(13-41)34(54-32)46-37(50)53-38(3,4)5/h10-11,18,24-26,42H,8-9,12,14-17H2,1-7H3,(H,46,50)(H,43,44,45)/t24-,25?,26?/m1/s1. The van der Waals surface area contributed by atoms with Gasteiger partial charge in [0.05, 0.1) is 51.5 Å². The zero-order valence-corrected chi connectivity index (χ0v) is 32.9. The third-order valence-electron chi connectivity index (χ3n) is 9.94. The van der Waals surface area contributed by atoms with Crippen molar-refractivity contribution in [3.63, 3.8) is 0 Å². The third kappa shape index (κ3) is 7.01. The van der Waals surface area contributed by atoms with Gasteiger partial charge >= 0.3 is 6.09 Å². The summed E-state index contributed by atoms with van der Waals surface area (Å²) in [6, 6.07) is 4.83. The lowest BCUT2D eigenvalue weighted by Gasteiger charge is -2.31. The van der Waals surface area contributed by atoms with Gasteiger partial charge in [0.15, 0.2) is 0 Å². The molecule has 2 unspecified atom stereocenters. The van der Waals surface area contributed by atoms with Gasteiger partial charge in [-0.3, -0.25) is 10.1 Å². The number of aromatic nitrogens is 2. The maximum Gasteiger partial charge on any atom is 0.412 e. The van der Waals surface area contributed by atoms with E-state index >= 15 is 4.39 Å². The van der Waals surface area contributed by atoms with Crippen LogP contribution < -0.4 is 20.9 Å². The van der Waals surface area contributed by atoms with E-state index < -0.39 is 23.6 Å². The fourth-order valence-corrected chi connectivity index (χ4v) is 9.03. The molecule has 0 bridgehead atoms. The Morgan fingerprint density at radius 3 is 2.65 bits per heavy atom. The van der Waals surface area contributed by atoms with Gasteiger partial charge < -0.3 is 34.6 Å². The first kappa shape index (κ1) is 38.0. The van der Waals surface area contributed by atoms with Crippen LogP contribution in [0.3, 0.4) is 0 Å². The summed E-state index contributed by atoms with van der Waals surface area (Å²) in [5.74, 6) is 0.291. The van der Waals surface area contributed by atoms with Gasteiger partial charge in [-0.2, -0.15) is 10.2 Å². The summed E-state index contributed by atoms with van der Waals surface area (Å²) in [5.41, 5.74) is 2.27. The van der Waals surface area contributed by atoms with Gasteiger partial charge in [-0.25, -0.2) is 14.2 Å². The molecule has 286 valence electrons. The van der Waals surface area contributed by atoms with Crippen LogP contribution in [0.1, 0.15) is 64.2 Å². The van der Waals surface area contributed by atoms with Gasteiger partial charge in [-0.15, -0.1) is 11.3 Å². The van der Waals surface area contributed by atoms with Gasteiger partial charge in [0.2, 0.25) is 11.9 Å². The number of likely N-dealkylation sites (N-methyl/N-ethyl adjacent to an activating group) is 1.